The molecule has 1 aromatic carbocycles. The third-order valence-electron chi connectivity index (χ3n) is 10.5. The van der Waals surface area contributed by atoms with Crippen molar-refractivity contribution >= 4 is 0 Å². The van der Waals surface area contributed by atoms with Crippen molar-refractivity contribution in [2.45, 2.75) is 97.3 Å². The summed E-state index contributed by atoms with van der Waals surface area (Å²) in [5.41, 5.74) is 4.71. The lowest BCUT2D eigenvalue weighted by molar-refractivity contribution is -0.139. The lowest BCUT2D eigenvalue weighted by Crippen LogP contribution is -2.59. The second-order valence-electron chi connectivity index (χ2n) is 11.6. The molecule has 0 aliphatic heterocycles. The van der Waals surface area contributed by atoms with Crippen LogP contribution in [0.4, 0.5) is 0 Å². The van der Waals surface area contributed by atoms with E-state index in [0.717, 1.165) is 23.8 Å². The second-order valence-corrected chi connectivity index (χ2v) is 11.6. The highest BCUT2D eigenvalue weighted by atomic mass is 16.3. The van der Waals surface area contributed by atoms with Crippen molar-refractivity contribution in [1.29, 1.82) is 0 Å². The van der Waals surface area contributed by atoms with Crippen LogP contribution in [0.1, 0.15) is 95.2 Å². The van der Waals surface area contributed by atoms with Gasteiger partial charge in [-0.1, -0.05) is 33.6 Å². The van der Waals surface area contributed by atoms with Crippen molar-refractivity contribution in [3.05, 3.63) is 22.8 Å². The molecular weight excluding hydrogens is 344 g/mol. The predicted molar refractivity (Wildman–Crippen MR) is 114 cm³/mol. The monoisotopic (exact) mass is 382 g/mol. The van der Waals surface area contributed by atoms with Gasteiger partial charge in [0, 0.05) is 0 Å². The Morgan fingerprint density at radius 3 is 2.46 bits per heavy atom. The summed E-state index contributed by atoms with van der Waals surface area (Å²) in [5, 5.41) is 20.7. The van der Waals surface area contributed by atoms with Gasteiger partial charge in [-0.3, -0.25) is 0 Å². The van der Waals surface area contributed by atoms with E-state index in [1.165, 1.54) is 68.9 Å². The molecule has 2 nitrogen and oxygen atoms in total. The summed E-state index contributed by atoms with van der Waals surface area (Å²) in [7, 11) is 0. The van der Waals surface area contributed by atoms with Crippen LogP contribution in [0.25, 0.3) is 0 Å². The Morgan fingerprint density at radius 2 is 1.68 bits per heavy atom. The summed E-state index contributed by atoms with van der Waals surface area (Å²) in [6.45, 7) is 9.69. The van der Waals surface area contributed by atoms with Gasteiger partial charge in [-0.05, 0) is 115 Å². The molecule has 0 heterocycles. The van der Waals surface area contributed by atoms with Crippen molar-refractivity contribution < 1.29 is 10.2 Å². The number of hydrogen-bond donors (Lipinski definition) is 2. The molecule has 0 aromatic heterocycles. The van der Waals surface area contributed by atoms with Crippen LogP contribution >= 0.6 is 0 Å². The highest BCUT2D eigenvalue weighted by molar-refractivity contribution is 5.56. The van der Waals surface area contributed by atoms with Crippen molar-refractivity contribution in [3.63, 3.8) is 0 Å². The van der Waals surface area contributed by atoms with Crippen LogP contribution in [-0.4, -0.2) is 10.2 Å². The molecule has 0 radical (unpaired) electrons. The molecule has 2 heteroatoms. The normalized spacial score (nSPS) is 44.8. The predicted octanol–water partition coefficient (Wildman–Crippen LogP) is 6.63. The second kappa shape index (κ2) is 5.92. The van der Waals surface area contributed by atoms with Gasteiger partial charge in [-0.2, -0.15) is 0 Å². The van der Waals surface area contributed by atoms with E-state index in [0.29, 0.717) is 16.7 Å². The van der Waals surface area contributed by atoms with E-state index >= 15 is 0 Å². The highest BCUT2D eigenvalue weighted by Crippen LogP contribution is 2.69. The maximum absolute atomic E-state index is 10.4. The van der Waals surface area contributed by atoms with Gasteiger partial charge in [-0.15, -0.1) is 0 Å². The molecule has 154 valence electrons. The Labute approximate surface area is 170 Å². The van der Waals surface area contributed by atoms with E-state index in [9.17, 15) is 10.2 Å². The molecule has 0 saturated heterocycles. The third kappa shape index (κ3) is 2.27. The molecule has 4 aliphatic rings. The van der Waals surface area contributed by atoms with E-state index in [1.54, 1.807) is 0 Å². The van der Waals surface area contributed by atoms with E-state index in [4.69, 9.17) is 0 Å². The lowest BCUT2D eigenvalue weighted by atomic mass is 9.39. The minimum absolute atomic E-state index is 0.0777. The van der Waals surface area contributed by atoms with E-state index in [1.807, 2.05) is 13.0 Å². The quantitative estimate of drug-likeness (QED) is 0.494. The lowest BCUT2D eigenvalue weighted by Gasteiger charge is -2.66. The van der Waals surface area contributed by atoms with Gasteiger partial charge in [-0.25, -0.2) is 0 Å². The summed E-state index contributed by atoms with van der Waals surface area (Å²) in [4.78, 5) is 0. The zero-order valence-electron chi connectivity index (χ0n) is 18.3. The first kappa shape index (κ1) is 18.8. The molecular formula is C26H38O2. The number of phenolic OH excluding ortho intramolecular Hbond substituents is 2. The van der Waals surface area contributed by atoms with Crippen molar-refractivity contribution in [2.24, 2.45) is 28.6 Å². The van der Waals surface area contributed by atoms with Gasteiger partial charge in [0.05, 0.1) is 0 Å². The van der Waals surface area contributed by atoms with Crippen LogP contribution in [0, 0.1) is 35.5 Å². The topological polar surface area (TPSA) is 40.5 Å². The zero-order chi connectivity index (χ0) is 19.9. The summed E-state index contributed by atoms with van der Waals surface area (Å²) in [6, 6.07) is 1.92. The SMILES string of the molecule is Cc1c(O)c(O)cc2c1CCC1C2(C)CCC2C3CCCCC3(C)CCC21C. The van der Waals surface area contributed by atoms with Crippen LogP contribution in [0.2, 0.25) is 0 Å². The molecule has 0 bridgehead atoms. The van der Waals surface area contributed by atoms with Crippen LogP contribution in [0.3, 0.4) is 0 Å². The van der Waals surface area contributed by atoms with Gasteiger partial charge in [0.2, 0.25) is 0 Å². The summed E-state index contributed by atoms with van der Waals surface area (Å²) >= 11 is 0. The van der Waals surface area contributed by atoms with Crippen LogP contribution < -0.4 is 0 Å². The number of fused-ring (bicyclic) bond motifs is 7. The molecule has 6 unspecified atom stereocenters. The first-order valence-corrected chi connectivity index (χ1v) is 11.8. The maximum atomic E-state index is 10.4. The molecule has 0 amide bonds. The molecule has 3 saturated carbocycles. The molecule has 2 N–H and O–H groups in total. The molecule has 4 aliphatic carbocycles. The Morgan fingerprint density at radius 1 is 0.893 bits per heavy atom. The smallest absolute Gasteiger partial charge is 0.160 e. The first-order valence-electron chi connectivity index (χ1n) is 11.8. The molecule has 1 aromatic rings. The van der Waals surface area contributed by atoms with E-state index in [2.05, 4.69) is 20.8 Å². The minimum Gasteiger partial charge on any atom is -0.504 e. The minimum atomic E-state index is 0.0777. The number of phenols is 2. The fraction of sp³-hybridized carbons (Fsp3) is 0.769. The molecule has 6 atom stereocenters. The number of benzene rings is 1. The summed E-state index contributed by atoms with van der Waals surface area (Å²) < 4.78 is 0. The zero-order valence-corrected chi connectivity index (χ0v) is 18.3. The van der Waals surface area contributed by atoms with Crippen LogP contribution in [0.15, 0.2) is 6.07 Å². The standard InChI is InChI=1S/C26H38O2/c1-16-17-8-9-22-25(3,20(17)15-21(27)23(16)28)12-10-19-18-7-5-6-11-24(18,2)13-14-26(19,22)4/h15,18-19,22,27-28H,5-14H2,1-4H3. The molecule has 0 spiro atoms. The Hall–Kier alpha value is -1.18. The van der Waals surface area contributed by atoms with Crippen LogP contribution in [0.5, 0.6) is 11.5 Å². The van der Waals surface area contributed by atoms with Gasteiger partial charge in [0.25, 0.3) is 0 Å². The van der Waals surface area contributed by atoms with Gasteiger partial charge < -0.3 is 10.2 Å². The number of rotatable bonds is 0. The third-order valence-corrected chi connectivity index (χ3v) is 10.5. The fourth-order valence-corrected chi connectivity index (χ4v) is 8.87. The first-order chi connectivity index (χ1) is 13.2. The number of aromatic hydroxyl groups is 2. The Kier molecular flexibility index (Phi) is 3.98. The highest BCUT2D eigenvalue weighted by Gasteiger charge is 2.61. The van der Waals surface area contributed by atoms with Crippen molar-refractivity contribution in [3.8, 4) is 11.5 Å². The molecule has 3 fully saturated rings. The Bertz CT molecular complexity index is 813. The molecule has 5 rings (SSSR count). The van der Waals surface area contributed by atoms with Crippen molar-refractivity contribution in [2.75, 3.05) is 0 Å². The fourth-order valence-electron chi connectivity index (χ4n) is 8.87. The van der Waals surface area contributed by atoms with E-state index in [-0.39, 0.29) is 16.9 Å². The largest absolute Gasteiger partial charge is 0.504 e. The van der Waals surface area contributed by atoms with Gasteiger partial charge in [0.15, 0.2) is 11.5 Å². The molecule has 28 heavy (non-hydrogen) atoms. The van der Waals surface area contributed by atoms with Gasteiger partial charge >= 0.3 is 0 Å². The van der Waals surface area contributed by atoms with Gasteiger partial charge in [0.1, 0.15) is 0 Å². The van der Waals surface area contributed by atoms with Crippen LogP contribution in [-0.2, 0) is 11.8 Å². The Balaban J connectivity index is 1.58. The maximum Gasteiger partial charge on any atom is 0.160 e. The average Bonchev–Trinajstić information content (AvgIpc) is 2.66. The summed E-state index contributed by atoms with van der Waals surface area (Å²) in [6.07, 6.45) is 13.4. The van der Waals surface area contributed by atoms with Crippen molar-refractivity contribution in [1.82, 2.24) is 0 Å². The summed E-state index contributed by atoms with van der Waals surface area (Å²) in [5.74, 6) is 2.66. The number of hydrogen-bond acceptors (Lipinski definition) is 2. The van der Waals surface area contributed by atoms with E-state index < -0.39 is 0 Å². The average molecular weight is 383 g/mol.